The lowest BCUT2D eigenvalue weighted by molar-refractivity contribution is 0.0700. The third-order valence-electron chi connectivity index (χ3n) is 7.24. The minimum absolute atomic E-state index is 0.438. The number of hydrogen-bond donors (Lipinski definition) is 1. The highest BCUT2D eigenvalue weighted by molar-refractivity contribution is 7.98. The first kappa shape index (κ1) is 39.2. The van der Waals surface area contributed by atoms with E-state index < -0.39 is 0 Å². The van der Waals surface area contributed by atoms with Crippen molar-refractivity contribution < 1.29 is 4.74 Å². The number of benzene rings is 1. The molecule has 8 heteroatoms. The standard InChI is InChI=1S/C22H29N3.C12H19N2OPS.C2H6/c1-6-9-10-20(19-13-11-18(15-23)12-14-19)21(17(5)25-8-3)22(24)16(4)7-2;1-8-3-4-10(15-8)5-17-6-11-9(2)13-7-14-12(11)16;1-2/h8,10-14H,6-7,9,24H2,1-5H3;7-8,10H,3-6,16H2,1-2H3;1-2H3/b20-10-,21-17-,22-16-,25-8?;;. The van der Waals surface area contributed by atoms with Crippen LogP contribution in [0.1, 0.15) is 110 Å². The summed E-state index contributed by atoms with van der Waals surface area (Å²) >= 11 is 1.92. The van der Waals surface area contributed by atoms with Crippen molar-refractivity contribution in [1.82, 2.24) is 9.97 Å². The molecule has 44 heavy (non-hydrogen) atoms. The number of hydrogen-bond acceptors (Lipinski definition) is 7. The van der Waals surface area contributed by atoms with E-state index in [1.165, 1.54) is 18.4 Å². The van der Waals surface area contributed by atoms with E-state index in [0.717, 1.165) is 75.6 Å². The second-order valence-electron chi connectivity index (χ2n) is 10.5. The molecule has 2 N–H and O–H groups in total. The number of nitrogens with two attached hydrogens (primary N) is 1. The molecule has 3 unspecified atom stereocenters. The highest BCUT2D eigenvalue weighted by Crippen LogP contribution is 2.32. The van der Waals surface area contributed by atoms with Crippen molar-refractivity contribution in [3.63, 3.8) is 0 Å². The number of rotatable bonds is 11. The van der Waals surface area contributed by atoms with Crippen molar-refractivity contribution in [1.29, 1.82) is 5.26 Å². The van der Waals surface area contributed by atoms with E-state index in [-0.39, 0.29) is 0 Å². The molecule has 0 spiro atoms. The Kier molecular flexibility index (Phi) is 19.5. The molecule has 0 bridgehead atoms. The molecule has 3 atom stereocenters. The van der Waals surface area contributed by atoms with Gasteiger partial charge in [-0.2, -0.15) is 17.0 Å². The van der Waals surface area contributed by atoms with Crippen LogP contribution in [0.2, 0.25) is 0 Å². The average Bonchev–Trinajstić information content (AvgIpc) is 3.46. The Balaban J connectivity index is 0.000000441. The molecule has 2 aromatic rings. The highest BCUT2D eigenvalue weighted by Gasteiger charge is 2.21. The maximum absolute atomic E-state index is 9.05. The summed E-state index contributed by atoms with van der Waals surface area (Å²) in [6.07, 6.45) is 11.8. The van der Waals surface area contributed by atoms with Gasteiger partial charge in [0.1, 0.15) is 6.33 Å². The summed E-state index contributed by atoms with van der Waals surface area (Å²) in [5.74, 6) is 2.04. The summed E-state index contributed by atoms with van der Waals surface area (Å²) in [4.78, 5) is 12.9. The average molecular weight is 636 g/mol. The normalized spacial score (nSPS) is 17.5. The molecule has 0 radical (unpaired) electrons. The molecule has 0 aliphatic carbocycles. The number of aromatic nitrogens is 2. The largest absolute Gasteiger partial charge is 0.398 e. The summed E-state index contributed by atoms with van der Waals surface area (Å²) in [7, 11) is 2.69. The molecular formula is C36H54N5OPS. The summed E-state index contributed by atoms with van der Waals surface area (Å²) in [6, 6.07) is 9.83. The van der Waals surface area contributed by atoms with E-state index in [0.29, 0.717) is 17.8 Å². The fourth-order valence-electron chi connectivity index (χ4n) is 4.57. The molecule has 1 aliphatic rings. The Morgan fingerprint density at radius 1 is 1.18 bits per heavy atom. The van der Waals surface area contributed by atoms with Gasteiger partial charge in [0.2, 0.25) is 0 Å². The zero-order valence-electron chi connectivity index (χ0n) is 28.4. The molecule has 3 rings (SSSR count). The van der Waals surface area contributed by atoms with Crippen molar-refractivity contribution in [2.24, 2.45) is 10.7 Å². The van der Waals surface area contributed by atoms with Crippen molar-refractivity contribution in [3.05, 3.63) is 81.6 Å². The van der Waals surface area contributed by atoms with E-state index in [1.54, 1.807) is 12.5 Å². The van der Waals surface area contributed by atoms with Crippen molar-refractivity contribution in [2.45, 2.75) is 112 Å². The second-order valence-corrected chi connectivity index (χ2v) is 12.1. The van der Waals surface area contributed by atoms with Gasteiger partial charge in [0.05, 0.1) is 29.3 Å². The zero-order valence-corrected chi connectivity index (χ0v) is 30.4. The van der Waals surface area contributed by atoms with Gasteiger partial charge in [0.25, 0.3) is 0 Å². The smallest absolute Gasteiger partial charge is 0.116 e. The Bertz CT molecular complexity index is 1300. The first-order valence-electron chi connectivity index (χ1n) is 15.8. The SMILES string of the molecule is CC.CC=N/C(C)=C(C(=C\CCC)/c1ccc(C#N)cc1)\C(N)=C(/C)CC.Cc1ncnc(P)c1CSCC1CCC(C)O1. The number of ether oxygens (including phenoxy) is 1. The van der Waals surface area contributed by atoms with E-state index in [4.69, 9.17) is 15.7 Å². The minimum atomic E-state index is 0.438. The van der Waals surface area contributed by atoms with Crippen LogP contribution in [0.5, 0.6) is 0 Å². The van der Waals surface area contributed by atoms with Gasteiger partial charge in [0.15, 0.2) is 0 Å². The Morgan fingerprint density at radius 3 is 2.39 bits per heavy atom. The molecular weight excluding hydrogens is 581 g/mol. The van der Waals surface area contributed by atoms with E-state index in [2.05, 4.69) is 64.0 Å². The summed E-state index contributed by atoms with van der Waals surface area (Å²) in [5.41, 5.74) is 16.5. The molecule has 240 valence electrons. The molecule has 0 amide bonds. The van der Waals surface area contributed by atoms with Gasteiger partial charge < -0.3 is 10.5 Å². The zero-order chi connectivity index (χ0) is 33.1. The second kappa shape index (κ2) is 21.8. The predicted molar refractivity (Wildman–Crippen MR) is 195 cm³/mol. The van der Waals surface area contributed by atoms with Crippen molar-refractivity contribution in [3.8, 4) is 6.07 Å². The first-order chi connectivity index (χ1) is 21.2. The van der Waals surface area contributed by atoms with Crippen LogP contribution >= 0.6 is 21.0 Å². The van der Waals surface area contributed by atoms with Gasteiger partial charge >= 0.3 is 0 Å². The number of aryl methyl sites for hydroxylation is 1. The maximum atomic E-state index is 9.05. The number of thioether (sulfide) groups is 1. The van der Waals surface area contributed by atoms with Gasteiger partial charge in [-0.3, -0.25) is 4.99 Å². The monoisotopic (exact) mass is 635 g/mol. The van der Waals surface area contributed by atoms with Gasteiger partial charge in [-0.1, -0.05) is 61.6 Å². The van der Waals surface area contributed by atoms with Crippen molar-refractivity contribution in [2.75, 3.05) is 5.75 Å². The third kappa shape index (κ3) is 12.7. The van der Waals surface area contributed by atoms with Gasteiger partial charge in [-0.25, -0.2) is 9.97 Å². The Morgan fingerprint density at radius 2 is 1.86 bits per heavy atom. The third-order valence-corrected chi connectivity index (χ3v) is 8.84. The van der Waals surface area contributed by atoms with E-state index >= 15 is 0 Å². The van der Waals surface area contributed by atoms with Gasteiger partial charge in [-0.15, -0.1) is 0 Å². The number of allylic oxidation sites excluding steroid dienone is 4. The van der Waals surface area contributed by atoms with Crippen molar-refractivity contribution >= 4 is 38.2 Å². The molecule has 2 heterocycles. The fraction of sp³-hybridized carbons (Fsp3) is 0.500. The van der Waals surface area contributed by atoms with E-state index in [1.807, 2.05) is 70.6 Å². The van der Waals surface area contributed by atoms with Gasteiger partial charge in [0, 0.05) is 45.9 Å². The number of aliphatic imine (C=N–C) groups is 1. The molecule has 1 aromatic carbocycles. The van der Waals surface area contributed by atoms with Crippen LogP contribution in [0, 0.1) is 18.3 Å². The van der Waals surface area contributed by atoms with E-state index in [9.17, 15) is 0 Å². The Labute approximate surface area is 274 Å². The van der Waals surface area contributed by atoms with Crippen LogP contribution in [0.4, 0.5) is 0 Å². The quantitative estimate of drug-likeness (QED) is 0.151. The summed E-state index contributed by atoms with van der Waals surface area (Å²) < 4.78 is 5.80. The minimum Gasteiger partial charge on any atom is -0.398 e. The van der Waals surface area contributed by atoms with Gasteiger partial charge in [-0.05, 0) is 89.1 Å². The summed E-state index contributed by atoms with van der Waals surface area (Å²) in [6.45, 7) is 18.4. The lowest BCUT2D eigenvalue weighted by atomic mass is 9.90. The Hall–Kier alpha value is -2.78. The van der Waals surface area contributed by atoms with Crippen LogP contribution in [-0.2, 0) is 10.5 Å². The van der Waals surface area contributed by atoms with Crippen LogP contribution < -0.4 is 11.2 Å². The molecule has 6 nitrogen and oxygen atoms in total. The highest BCUT2D eigenvalue weighted by atomic mass is 32.2. The molecule has 0 saturated carbocycles. The first-order valence-corrected chi connectivity index (χ1v) is 17.5. The predicted octanol–water partition coefficient (Wildman–Crippen LogP) is 8.86. The molecule has 1 aromatic heterocycles. The molecule has 1 fully saturated rings. The lowest BCUT2D eigenvalue weighted by Crippen LogP contribution is -2.13. The van der Waals surface area contributed by atoms with Crippen LogP contribution in [0.3, 0.4) is 0 Å². The van der Waals surface area contributed by atoms with Crippen LogP contribution in [0.25, 0.3) is 5.57 Å². The number of unbranched alkanes of at least 4 members (excludes halogenated alkanes) is 1. The topological polar surface area (TPSA) is 97.2 Å². The molecule has 1 saturated heterocycles. The van der Waals surface area contributed by atoms with Crippen LogP contribution in [-0.4, -0.2) is 34.1 Å². The lowest BCUT2D eigenvalue weighted by Gasteiger charge is -2.18. The van der Waals surface area contributed by atoms with Crippen LogP contribution in [0.15, 0.2) is 64.2 Å². The molecule has 1 aliphatic heterocycles. The number of nitriles is 1. The maximum Gasteiger partial charge on any atom is 0.116 e. The number of nitrogens with zero attached hydrogens (tertiary/aromatic N) is 4. The fourth-order valence-corrected chi connectivity index (χ4v) is 6.28. The summed E-state index contributed by atoms with van der Waals surface area (Å²) in [5, 5.41) is 9.05.